The van der Waals surface area contributed by atoms with Crippen LogP contribution in [-0.4, -0.2) is 74.4 Å². The minimum Gasteiger partial charge on any atom is -0.492 e. The van der Waals surface area contributed by atoms with Crippen LogP contribution in [0.1, 0.15) is 47.5 Å². The molecular weight excluding hydrogens is 532 g/mol. The van der Waals surface area contributed by atoms with Crippen LogP contribution < -0.4 is 11.1 Å². The molecule has 2 bridgehead atoms. The summed E-state index contributed by atoms with van der Waals surface area (Å²) in [5, 5.41) is 13.8. The van der Waals surface area contributed by atoms with Gasteiger partial charge in [-0.15, -0.1) is 0 Å². The third kappa shape index (κ3) is 8.25. The second-order valence-corrected chi connectivity index (χ2v) is 10.5. The van der Waals surface area contributed by atoms with Crippen molar-refractivity contribution in [1.82, 2.24) is 5.32 Å². The highest BCUT2D eigenvalue weighted by Crippen LogP contribution is 2.31. The molecule has 2 rings (SSSR count). The standard InChI is InChI=1S/C30H42N2O9/c1-15-12-20-26(35)23(19(5)25(34)28(20)40-8)32-29(36)16(2)10-9-11-21(38-6)27(41-30(31)37)18(4)14-17(3)24(33)22(13-15)39-7/h9-11,14-15,17,21-22,24,27,33H,12-13H2,1-8H3,(H2,31,37)(H,32,36)/b11-9-,16-10-,18-14-. The van der Waals surface area contributed by atoms with Gasteiger partial charge in [-0.1, -0.05) is 38.2 Å². The Morgan fingerprint density at radius 1 is 1.05 bits per heavy atom. The molecule has 11 heteroatoms. The number of Topliss-reactive ketones (excluding diaryl/α,β-unsaturated/α-hetero) is 2. The SMILES string of the molecule is COC1=C2CC(C)CC(OC)C(O)C(C)/C=C(/C)C(OC(N)=O)C(OC)/C=C\C=C(\C)C(=O)NC(=C(C)C1=O)C2=O. The number of ether oxygens (including phenoxy) is 4. The maximum atomic E-state index is 13.5. The average molecular weight is 575 g/mol. The van der Waals surface area contributed by atoms with E-state index in [4.69, 9.17) is 24.7 Å². The molecule has 0 radical (unpaired) electrons. The molecule has 11 nitrogen and oxygen atoms in total. The molecule has 2 aliphatic rings. The molecule has 0 spiro atoms. The van der Waals surface area contributed by atoms with Crippen LogP contribution in [0.25, 0.3) is 0 Å². The van der Waals surface area contributed by atoms with E-state index in [9.17, 15) is 24.3 Å². The smallest absolute Gasteiger partial charge is 0.405 e. The number of fused-ring (bicyclic) bond motifs is 2. The molecule has 0 saturated heterocycles. The minimum atomic E-state index is -1.00. The van der Waals surface area contributed by atoms with E-state index in [-0.39, 0.29) is 40.5 Å². The normalized spacial score (nSPS) is 32.5. The van der Waals surface area contributed by atoms with Crippen LogP contribution in [-0.2, 0) is 33.3 Å². The van der Waals surface area contributed by atoms with E-state index in [1.54, 1.807) is 39.0 Å². The van der Waals surface area contributed by atoms with Crippen molar-refractivity contribution in [2.75, 3.05) is 21.3 Å². The van der Waals surface area contributed by atoms with Crippen molar-refractivity contribution in [3.8, 4) is 0 Å². The predicted molar refractivity (Wildman–Crippen MR) is 151 cm³/mol. The molecule has 41 heavy (non-hydrogen) atoms. The number of ketones is 2. The van der Waals surface area contributed by atoms with Gasteiger partial charge in [-0.25, -0.2) is 4.79 Å². The van der Waals surface area contributed by atoms with Gasteiger partial charge in [-0.2, -0.15) is 0 Å². The van der Waals surface area contributed by atoms with E-state index >= 15 is 0 Å². The molecule has 1 aliphatic carbocycles. The van der Waals surface area contributed by atoms with E-state index in [1.165, 1.54) is 34.3 Å². The Balaban J connectivity index is 2.65. The number of rotatable bonds is 4. The Morgan fingerprint density at radius 2 is 1.71 bits per heavy atom. The molecule has 4 N–H and O–H groups in total. The Labute approximate surface area is 241 Å². The molecule has 6 unspecified atom stereocenters. The lowest BCUT2D eigenvalue weighted by molar-refractivity contribution is -0.121. The number of primary amides is 1. The molecule has 226 valence electrons. The first-order valence-electron chi connectivity index (χ1n) is 13.4. The van der Waals surface area contributed by atoms with Gasteiger partial charge in [0.05, 0.1) is 25.0 Å². The molecule has 0 fully saturated rings. The van der Waals surface area contributed by atoms with Crippen molar-refractivity contribution in [3.63, 3.8) is 0 Å². The first-order valence-corrected chi connectivity index (χ1v) is 13.4. The Morgan fingerprint density at radius 3 is 2.27 bits per heavy atom. The maximum Gasteiger partial charge on any atom is 0.405 e. The number of methoxy groups -OCH3 is 3. The topological polar surface area (TPSA) is 163 Å². The fourth-order valence-electron chi connectivity index (χ4n) is 4.99. The van der Waals surface area contributed by atoms with E-state index in [1.807, 2.05) is 6.92 Å². The zero-order chi connectivity index (χ0) is 31.0. The minimum absolute atomic E-state index is 0.0639. The van der Waals surface area contributed by atoms with Gasteiger partial charge in [-0.3, -0.25) is 14.4 Å². The molecule has 1 aliphatic heterocycles. The van der Waals surface area contributed by atoms with Crippen LogP contribution in [0.2, 0.25) is 0 Å². The first-order chi connectivity index (χ1) is 19.3. The molecule has 0 aromatic carbocycles. The monoisotopic (exact) mass is 574 g/mol. The van der Waals surface area contributed by atoms with Crippen molar-refractivity contribution in [3.05, 3.63) is 58.1 Å². The molecular formula is C30H42N2O9. The number of hydrogen-bond donors (Lipinski definition) is 3. The lowest BCUT2D eigenvalue weighted by Crippen LogP contribution is -2.37. The summed E-state index contributed by atoms with van der Waals surface area (Å²) in [5.74, 6) is -2.31. The third-order valence-corrected chi connectivity index (χ3v) is 7.34. The number of hydrogen-bond acceptors (Lipinski definition) is 9. The summed E-state index contributed by atoms with van der Waals surface area (Å²) < 4.78 is 21.9. The van der Waals surface area contributed by atoms with Gasteiger partial charge >= 0.3 is 6.09 Å². The number of aliphatic hydroxyl groups is 1. The summed E-state index contributed by atoms with van der Waals surface area (Å²) in [6.45, 7) is 8.40. The van der Waals surface area contributed by atoms with Crippen molar-refractivity contribution >= 4 is 23.6 Å². The quantitative estimate of drug-likeness (QED) is 0.338. The molecule has 0 aromatic rings. The van der Waals surface area contributed by atoms with E-state index in [2.05, 4.69) is 5.32 Å². The number of nitrogens with one attached hydrogen (secondary N) is 1. The average Bonchev–Trinajstić information content (AvgIpc) is 2.92. The summed E-state index contributed by atoms with van der Waals surface area (Å²) >= 11 is 0. The number of allylic oxidation sites excluding steroid dienone is 4. The molecule has 1 heterocycles. The first kappa shape index (κ1) is 33.7. The van der Waals surface area contributed by atoms with Crippen LogP contribution in [0.3, 0.4) is 0 Å². The number of carbonyl (C=O) groups is 4. The molecule has 6 atom stereocenters. The van der Waals surface area contributed by atoms with E-state index in [0.717, 1.165) is 0 Å². The van der Waals surface area contributed by atoms with Crippen LogP contribution in [0.4, 0.5) is 4.79 Å². The highest BCUT2D eigenvalue weighted by Gasteiger charge is 2.36. The van der Waals surface area contributed by atoms with Gasteiger partial charge < -0.3 is 35.1 Å². The fourth-order valence-corrected chi connectivity index (χ4v) is 4.99. The summed E-state index contributed by atoms with van der Waals surface area (Å²) in [4.78, 5) is 51.4. The zero-order valence-corrected chi connectivity index (χ0v) is 25.0. The summed E-state index contributed by atoms with van der Waals surface area (Å²) in [6.07, 6.45) is 2.58. The van der Waals surface area contributed by atoms with Crippen LogP contribution in [0.5, 0.6) is 0 Å². The Hall–Kier alpha value is -3.54. The molecule has 2 amide bonds. The number of aliphatic hydroxyl groups excluding tert-OH is 1. The Kier molecular flexibility index (Phi) is 12.2. The van der Waals surface area contributed by atoms with Crippen molar-refractivity contribution in [1.29, 1.82) is 0 Å². The number of amides is 2. The van der Waals surface area contributed by atoms with Gasteiger partial charge in [0.1, 0.15) is 6.10 Å². The number of carbonyl (C=O) groups excluding carboxylic acids is 4. The van der Waals surface area contributed by atoms with Crippen LogP contribution >= 0.6 is 0 Å². The lowest BCUT2D eigenvalue weighted by atomic mass is 9.84. The zero-order valence-electron chi connectivity index (χ0n) is 25.0. The Bertz CT molecular complexity index is 1190. The van der Waals surface area contributed by atoms with Gasteiger partial charge in [0, 0.05) is 36.9 Å². The maximum absolute atomic E-state index is 13.5. The third-order valence-electron chi connectivity index (χ3n) is 7.34. The summed E-state index contributed by atoms with van der Waals surface area (Å²) in [7, 11) is 4.23. The summed E-state index contributed by atoms with van der Waals surface area (Å²) in [6, 6.07) is 0. The second kappa shape index (κ2) is 14.9. The van der Waals surface area contributed by atoms with Crippen molar-refractivity contribution in [2.45, 2.75) is 71.9 Å². The van der Waals surface area contributed by atoms with Gasteiger partial charge in [-0.05, 0) is 45.1 Å². The van der Waals surface area contributed by atoms with E-state index < -0.39 is 53.9 Å². The van der Waals surface area contributed by atoms with Crippen LogP contribution in [0.15, 0.2) is 58.1 Å². The highest BCUT2D eigenvalue weighted by atomic mass is 16.6. The predicted octanol–water partition coefficient (Wildman–Crippen LogP) is 2.80. The molecule has 0 saturated carbocycles. The van der Waals surface area contributed by atoms with Gasteiger partial charge in [0.25, 0.3) is 5.91 Å². The number of nitrogens with two attached hydrogens (primary N) is 1. The lowest BCUT2D eigenvalue weighted by Gasteiger charge is -2.30. The van der Waals surface area contributed by atoms with Gasteiger partial charge in [0.15, 0.2) is 11.9 Å². The van der Waals surface area contributed by atoms with Crippen molar-refractivity contribution in [2.24, 2.45) is 17.6 Å². The second-order valence-electron chi connectivity index (χ2n) is 10.5. The summed E-state index contributed by atoms with van der Waals surface area (Å²) in [5.41, 5.74) is 6.26. The van der Waals surface area contributed by atoms with E-state index in [0.29, 0.717) is 12.0 Å². The molecule has 0 aromatic heterocycles. The highest BCUT2D eigenvalue weighted by molar-refractivity contribution is 6.25. The van der Waals surface area contributed by atoms with Crippen molar-refractivity contribution < 1.29 is 43.2 Å². The largest absolute Gasteiger partial charge is 0.492 e. The fraction of sp³-hybridized carbons (Fsp3) is 0.533. The van der Waals surface area contributed by atoms with Gasteiger partial charge in [0.2, 0.25) is 11.6 Å². The van der Waals surface area contributed by atoms with Crippen LogP contribution in [0, 0.1) is 11.8 Å².